The van der Waals surface area contributed by atoms with E-state index in [9.17, 15) is 15.0 Å². The highest BCUT2D eigenvalue weighted by molar-refractivity contribution is 5.98. The summed E-state index contributed by atoms with van der Waals surface area (Å²) in [6, 6.07) is 0. The van der Waals surface area contributed by atoms with Crippen molar-refractivity contribution in [3.05, 3.63) is 24.0 Å². The van der Waals surface area contributed by atoms with Gasteiger partial charge in [0.1, 0.15) is 6.10 Å². The number of rotatable bonds is 9. The number of unbranched alkanes of at least 4 members (excludes halogenated alkanes) is 4. The summed E-state index contributed by atoms with van der Waals surface area (Å²) in [5.74, 6) is -0.0533. The second-order valence-corrected chi connectivity index (χ2v) is 7.59. The highest BCUT2D eigenvalue weighted by Crippen LogP contribution is 2.43. The van der Waals surface area contributed by atoms with E-state index in [0.29, 0.717) is 12.2 Å². The first-order chi connectivity index (χ1) is 13.0. The van der Waals surface area contributed by atoms with Crippen LogP contribution in [0.4, 0.5) is 0 Å². The molecule has 1 heterocycles. The maximum absolute atomic E-state index is 12.6. The Morgan fingerprint density at radius 2 is 1.89 bits per heavy atom. The maximum Gasteiger partial charge on any atom is 0.204 e. The molecular formula is C22H39NO4. The van der Waals surface area contributed by atoms with Crippen LogP contribution >= 0.6 is 0 Å². The Kier molecular flexibility index (Phi) is 11.6. The Bertz CT molecular complexity index is 489. The van der Waals surface area contributed by atoms with Gasteiger partial charge in [-0.1, -0.05) is 51.7 Å². The molecular weight excluding hydrogens is 342 g/mol. The van der Waals surface area contributed by atoms with Crippen LogP contribution in [0.3, 0.4) is 0 Å². The first-order valence-electron chi connectivity index (χ1n) is 10.5. The predicted molar refractivity (Wildman–Crippen MR) is 109 cm³/mol. The lowest BCUT2D eigenvalue weighted by Gasteiger charge is -2.15. The number of allylic oxidation sites excluding steroid dienone is 2. The van der Waals surface area contributed by atoms with Crippen LogP contribution in [0.1, 0.15) is 65.2 Å². The Hall–Kier alpha value is -1.17. The number of hydrogen-bond acceptors (Lipinski definition) is 5. The average molecular weight is 382 g/mol. The second kappa shape index (κ2) is 13.1. The van der Waals surface area contributed by atoms with Crippen LogP contribution in [-0.2, 0) is 9.53 Å². The number of ketones is 1. The van der Waals surface area contributed by atoms with Crippen molar-refractivity contribution in [2.24, 2.45) is 11.8 Å². The van der Waals surface area contributed by atoms with E-state index in [4.69, 9.17) is 4.74 Å². The van der Waals surface area contributed by atoms with Crippen LogP contribution in [0.2, 0.25) is 0 Å². The first kappa shape index (κ1) is 23.9. The van der Waals surface area contributed by atoms with Crippen LogP contribution in [0.5, 0.6) is 0 Å². The molecule has 5 heteroatoms. The van der Waals surface area contributed by atoms with Gasteiger partial charge in [0.2, 0.25) is 5.78 Å². The van der Waals surface area contributed by atoms with Gasteiger partial charge < -0.3 is 20.3 Å². The van der Waals surface area contributed by atoms with Gasteiger partial charge in [0.15, 0.2) is 5.76 Å². The zero-order chi connectivity index (χ0) is 20.2. The summed E-state index contributed by atoms with van der Waals surface area (Å²) in [6.07, 6.45) is 11.6. The van der Waals surface area contributed by atoms with Gasteiger partial charge in [-0.2, -0.15) is 0 Å². The normalized spacial score (nSPS) is 29.6. The monoisotopic (exact) mass is 381 g/mol. The van der Waals surface area contributed by atoms with Crippen molar-refractivity contribution in [3.63, 3.8) is 0 Å². The molecule has 156 valence electrons. The largest absolute Gasteiger partial charge is 0.486 e. The molecule has 2 fully saturated rings. The van der Waals surface area contributed by atoms with E-state index in [-0.39, 0.29) is 23.7 Å². The van der Waals surface area contributed by atoms with Crippen molar-refractivity contribution >= 4 is 5.78 Å². The molecule has 0 amide bonds. The van der Waals surface area contributed by atoms with Gasteiger partial charge in [0.25, 0.3) is 0 Å². The third-order valence-electron chi connectivity index (χ3n) is 5.10. The lowest BCUT2D eigenvalue weighted by Crippen LogP contribution is -2.24. The average Bonchev–Trinajstić information content (AvgIpc) is 3.10. The van der Waals surface area contributed by atoms with Gasteiger partial charge in [-0.05, 0) is 39.4 Å². The number of Topliss-reactive ketones (excluding diaryl/α,β-unsaturated/α-hetero) is 1. The van der Waals surface area contributed by atoms with Crippen molar-refractivity contribution < 1.29 is 19.7 Å². The fourth-order valence-electron chi connectivity index (χ4n) is 3.67. The van der Waals surface area contributed by atoms with Gasteiger partial charge in [-0.25, -0.2) is 0 Å². The maximum atomic E-state index is 12.6. The van der Waals surface area contributed by atoms with E-state index in [2.05, 4.69) is 19.2 Å². The van der Waals surface area contributed by atoms with Gasteiger partial charge in [0.05, 0.1) is 18.1 Å². The summed E-state index contributed by atoms with van der Waals surface area (Å²) in [7, 11) is 3.75. The molecule has 0 unspecified atom stereocenters. The molecule has 0 bridgehead atoms. The predicted octanol–water partition coefficient (Wildman–Crippen LogP) is 3.36. The molecule has 2 rings (SSSR count). The zero-order valence-corrected chi connectivity index (χ0v) is 17.5. The summed E-state index contributed by atoms with van der Waals surface area (Å²) >= 11 is 0. The molecule has 1 aliphatic carbocycles. The van der Waals surface area contributed by atoms with Gasteiger partial charge >= 0.3 is 0 Å². The summed E-state index contributed by atoms with van der Waals surface area (Å²) in [4.78, 5) is 12.6. The summed E-state index contributed by atoms with van der Waals surface area (Å²) in [5, 5.41) is 23.0. The van der Waals surface area contributed by atoms with Crippen molar-refractivity contribution in [3.8, 4) is 0 Å². The van der Waals surface area contributed by atoms with E-state index in [1.807, 2.05) is 26.2 Å². The number of aliphatic hydroxyl groups is 2. The van der Waals surface area contributed by atoms with Crippen molar-refractivity contribution in [1.82, 2.24) is 5.32 Å². The van der Waals surface area contributed by atoms with Crippen molar-refractivity contribution in [2.75, 3.05) is 14.1 Å². The minimum Gasteiger partial charge on any atom is -0.486 e. The summed E-state index contributed by atoms with van der Waals surface area (Å²) < 4.78 is 5.79. The highest BCUT2D eigenvalue weighted by atomic mass is 16.5. The molecule has 0 aromatic rings. The van der Waals surface area contributed by atoms with Crippen LogP contribution in [-0.4, -0.2) is 48.4 Å². The molecule has 5 nitrogen and oxygen atoms in total. The number of aliphatic hydroxyl groups excluding tert-OH is 2. The molecule has 0 aromatic heterocycles. The standard InChI is InChI=1S/C20H32O4.C2H7N/c1-3-5-7-9-14(21)11-12-15-16(22)13-18-19(15)20(23)17(24-18)10-8-6-4-2;1-3-2/h10-12,14-16,18-19,21-22H,3-9,13H2,1-2H3;3H,1-2H3/t14-,15-,16+,18-,19+;/m0./s1. The lowest BCUT2D eigenvalue weighted by atomic mass is 9.89. The quantitative estimate of drug-likeness (QED) is 0.324. The molecule has 2 aliphatic rings. The molecule has 1 saturated carbocycles. The van der Waals surface area contributed by atoms with Crippen LogP contribution < -0.4 is 5.32 Å². The number of nitrogens with one attached hydrogen (secondary N) is 1. The Labute approximate surface area is 164 Å². The molecule has 3 N–H and O–H groups in total. The Morgan fingerprint density at radius 3 is 2.52 bits per heavy atom. The van der Waals surface area contributed by atoms with Crippen LogP contribution in [0.15, 0.2) is 24.0 Å². The minimum atomic E-state index is -0.569. The number of carbonyl (C=O) groups excluding carboxylic acids is 1. The molecule has 1 aliphatic heterocycles. The molecule has 5 atom stereocenters. The molecule has 27 heavy (non-hydrogen) atoms. The molecule has 1 saturated heterocycles. The number of ether oxygens (including phenoxy) is 1. The summed E-state index contributed by atoms with van der Waals surface area (Å²) in [6.45, 7) is 4.25. The van der Waals surface area contributed by atoms with E-state index in [1.165, 1.54) is 0 Å². The number of carbonyl (C=O) groups is 1. The third kappa shape index (κ3) is 7.40. The molecule has 0 aromatic carbocycles. The molecule has 0 radical (unpaired) electrons. The second-order valence-electron chi connectivity index (χ2n) is 7.59. The van der Waals surface area contributed by atoms with E-state index >= 15 is 0 Å². The molecule has 0 spiro atoms. The topological polar surface area (TPSA) is 78.8 Å². The fourth-order valence-corrected chi connectivity index (χ4v) is 3.67. The van der Waals surface area contributed by atoms with E-state index < -0.39 is 12.2 Å². The van der Waals surface area contributed by atoms with Crippen molar-refractivity contribution in [1.29, 1.82) is 0 Å². The van der Waals surface area contributed by atoms with Crippen LogP contribution in [0.25, 0.3) is 0 Å². The highest BCUT2D eigenvalue weighted by Gasteiger charge is 2.52. The smallest absolute Gasteiger partial charge is 0.204 e. The summed E-state index contributed by atoms with van der Waals surface area (Å²) in [5.41, 5.74) is 0. The SMILES string of the molecule is CCCCC=C1O[C@H]2C[C@@H](O)[C@H](C=C[C@@H](O)CCCCC)[C@H]2C1=O.CNC. The minimum absolute atomic E-state index is 0.0165. The lowest BCUT2D eigenvalue weighted by molar-refractivity contribution is -0.119. The zero-order valence-electron chi connectivity index (χ0n) is 17.5. The van der Waals surface area contributed by atoms with Gasteiger partial charge in [-0.15, -0.1) is 0 Å². The fraction of sp³-hybridized carbons (Fsp3) is 0.773. The van der Waals surface area contributed by atoms with E-state index in [0.717, 1.165) is 44.9 Å². The van der Waals surface area contributed by atoms with Crippen molar-refractivity contribution in [2.45, 2.75) is 83.5 Å². The Balaban J connectivity index is 0.00000114. The number of fused-ring (bicyclic) bond motifs is 1. The first-order valence-corrected chi connectivity index (χ1v) is 10.5. The number of hydrogen-bond donors (Lipinski definition) is 3. The van der Waals surface area contributed by atoms with Crippen LogP contribution in [0, 0.1) is 11.8 Å². The van der Waals surface area contributed by atoms with Gasteiger partial charge in [-0.3, -0.25) is 4.79 Å². The van der Waals surface area contributed by atoms with Gasteiger partial charge in [0, 0.05) is 12.3 Å². The van der Waals surface area contributed by atoms with E-state index in [1.54, 1.807) is 6.08 Å². The Morgan fingerprint density at radius 1 is 1.22 bits per heavy atom. The third-order valence-corrected chi connectivity index (χ3v) is 5.10.